The number of fused-ring (bicyclic) bond motifs is 1. The van der Waals surface area contributed by atoms with Gasteiger partial charge in [-0.1, -0.05) is 12.1 Å². The highest BCUT2D eigenvalue weighted by Gasteiger charge is 2.31. The molecular weight excluding hydrogens is 310 g/mol. The van der Waals surface area contributed by atoms with E-state index in [1.165, 1.54) is 0 Å². The van der Waals surface area contributed by atoms with Crippen molar-refractivity contribution in [1.82, 2.24) is 14.5 Å². The van der Waals surface area contributed by atoms with Gasteiger partial charge in [0.1, 0.15) is 0 Å². The summed E-state index contributed by atoms with van der Waals surface area (Å²) in [6.45, 7) is 2.62. The topological polar surface area (TPSA) is 76.6 Å². The molecule has 4 rings (SSSR count). The van der Waals surface area contributed by atoms with Gasteiger partial charge >= 0.3 is 5.69 Å². The second-order valence-electron chi connectivity index (χ2n) is 6.31. The maximum Gasteiger partial charge on any atom is 0.326 e. The number of aromatic amines is 1. The standard InChI is InChI=1S/C17H21N3O4/c21-16(15-11-23-9-10-24-15)19-7-5-12(6-8-19)20-14-4-2-1-3-13(14)18-17(20)22/h1-4,12,15H,5-11H2,(H,18,22)/t15-/m0/s1. The van der Waals surface area contributed by atoms with Gasteiger partial charge in [-0.15, -0.1) is 0 Å². The molecule has 1 amide bonds. The maximum atomic E-state index is 12.5. The number of para-hydroxylation sites is 2. The summed E-state index contributed by atoms with van der Waals surface area (Å²) < 4.78 is 12.6. The van der Waals surface area contributed by atoms with Crippen LogP contribution in [0.1, 0.15) is 18.9 Å². The third kappa shape index (κ3) is 2.74. The van der Waals surface area contributed by atoms with Crippen molar-refractivity contribution in [3.8, 4) is 0 Å². The lowest BCUT2D eigenvalue weighted by molar-refractivity contribution is -0.159. The summed E-state index contributed by atoms with van der Waals surface area (Å²) in [5.41, 5.74) is 1.70. The van der Waals surface area contributed by atoms with Crippen LogP contribution < -0.4 is 5.69 Å². The number of ether oxygens (including phenoxy) is 2. The van der Waals surface area contributed by atoms with Crippen molar-refractivity contribution >= 4 is 16.9 Å². The van der Waals surface area contributed by atoms with Crippen molar-refractivity contribution in [2.45, 2.75) is 25.0 Å². The third-order valence-electron chi connectivity index (χ3n) is 4.86. The third-order valence-corrected chi connectivity index (χ3v) is 4.86. The number of amides is 1. The average molecular weight is 331 g/mol. The Morgan fingerprint density at radius 1 is 1.17 bits per heavy atom. The number of hydrogen-bond donors (Lipinski definition) is 1. The number of carbonyl (C=O) groups excluding carboxylic acids is 1. The Kier molecular flexibility index (Phi) is 4.12. The number of H-pyrrole nitrogens is 1. The number of benzene rings is 1. The van der Waals surface area contributed by atoms with E-state index in [2.05, 4.69) is 4.98 Å². The van der Waals surface area contributed by atoms with Crippen molar-refractivity contribution in [3.05, 3.63) is 34.7 Å². The summed E-state index contributed by atoms with van der Waals surface area (Å²) in [7, 11) is 0. The molecule has 1 aromatic carbocycles. The maximum absolute atomic E-state index is 12.5. The Labute approximate surface area is 139 Å². The lowest BCUT2D eigenvalue weighted by Gasteiger charge is -2.35. The minimum absolute atomic E-state index is 0.000534. The van der Waals surface area contributed by atoms with Crippen LogP contribution in [0.15, 0.2) is 29.1 Å². The zero-order valence-electron chi connectivity index (χ0n) is 13.4. The number of aromatic nitrogens is 2. The number of hydrogen-bond acceptors (Lipinski definition) is 4. The van der Waals surface area contributed by atoms with E-state index >= 15 is 0 Å². The van der Waals surface area contributed by atoms with Gasteiger partial charge in [-0.25, -0.2) is 4.79 Å². The first-order chi connectivity index (χ1) is 11.7. The van der Waals surface area contributed by atoms with Gasteiger partial charge in [0, 0.05) is 19.1 Å². The molecule has 0 spiro atoms. The van der Waals surface area contributed by atoms with E-state index < -0.39 is 6.10 Å². The van der Waals surface area contributed by atoms with E-state index in [4.69, 9.17) is 9.47 Å². The summed E-state index contributed by atoms with van der Waals surface area (Å²) in [4.78, 5) is 29.5. The van der Waals surface area contributed by atoms with Crippen LogP contribution in [-0.4, -0.2) is 59.4 Å². The fourth-order valence-electron chi connectivity index (χ4n) is 3.62. The molecule has 2 aliphatic rings. The summed E-state index contributed by atoms with van der Waals surface area (Å²) in [6.07, 6.45) is 1.05. The largest absolute Gasteiger partial charge is 0.376 e. The molecule has 0 saturated carbocycles. The van der Waals surface area contributed by atoms with Crippen LogP contribution in [0.3, 0.4) is 0 Å². The van der Waals surface area contributed by atoms with E-state index in [9.17, 15) is 9.59 Å². The summed E-state index contributed by atoms with van der Waals surface area (Å²) in [6, 6.07) is 7.83. The van der Waals surface area contributed by atoms with E-state index in [1.54, 1.807) is 0 Å². The van der Waals surface area contributed by atoms with E-state index in [0.717, 1.165) is 23.9 Å². The fourth-order valence-corrected chi connectivity index (χ4v) is 3.62. The summed E-state index contributed by atoms with van der Waals surface area (Å²) in [5.74, 6) is -0.000534. The molecule has 2 saturated heterocycles. The zero-order valence-corrected chi connectivity index (χ0v) is 13.4. The number of rotatable bonds is 2. The van der Waals surface area contributed by atoms with Gasteiger partial charge < -0.3 is 19.4 Å². The van der Waals surface area contributed by atoms with Crippen molar-refractivity contribution < 1.29 is 14.3 Å². The number of carbonyl (C=O) groups is 1. The van der Waals surface area contributed by atoms with E-state index in [-0.39, 0.29) is 17.6 Å². The smallest absolute Gasteiger partial charge is 0.326 e. The first-order valence-electron chi connectivity index (χ1n) is 8.41. The van der Waals surface area contributed by atoms with Crippen LogP contribution in [0.4, 0.5) is 0 Å². The number of likely N-dealkylation sites (tertiary alicyclic amines) is 1. The van der Waals surface area contributed by atoms with Crippen molar-refractivity contribution in [3.63, 3.8) is 0 Å². The lowest BCUT2D eigenvalue weighted by Crippen LogP contribution is -2.48. The Morgan fingerprint density at radius 2 is 1.96 bits per heavy atom. The van der Waals surface area contributed by atoms with Crippen LogP contribution in [0, 0.1) is 0 Å². The minimum atomic E-state index is -0.480. The molecule has 24 heavy (non-hydrogen) atoms. The molecule has 0 bridgehead atoms. The van der Waals surface area contributed by atoms with Gasteiger partial charge in [-0.05, 0) is 25.0 Å². The highest BCUT2D eigenvalue weighted by Crippen LogP contribution is 2.25. The molecule has 2 aromatic rings. The van der Waals surface area contributed by atoms with Crippen LogP contribution in [0.2, 0.25) is 0 Å². The molecule has 2 fully saturated rings. The number of nitrogens with one attached hydrogen (secondary N) is 1. The van der Waals surface area contributed by atoms with Crippen molar-refractivity contribution in [2.75, 3.05) is 32.9 Å². The molecule has 1 atom stereocenters. The normalized spacial score (nSPS) is 22.8. The molecule has 0 unspecified atom stereocenters. The Bertz CT molecular complexity index is 782. The Morgan fingerprint density at radius 3 is 2.71 bits per heavy atom. The van der Waals surface area contributed by atoms with Gasteiger partial charge in [0.2, 0.25) is 0 Å². The molecule has 7 heteroatoms. The zero-order chi connectivity index (χ0) is 16.5. The second kappa shape index (κ2) is 6.41. The number of nitrogens with zero attached hydrogens (tertiary/aromatic N) is 2. The Balaban J connectivity index is 1.46. The molecule has 3 heterocycles. The predicted octanol–water partition coefficient (Wildman–Crippen LogP) is 0.909. The summed E-state index contributed by atoms with van der Waals surface area (Å²) in [5, 5.41) is 0. The first kappa shape index (κ1) is 15.4. The van der Waals surface area contributed by atoms with E-state index in [0.29, 0.717) is 32.9 Å². The highest BCUT2D eigenvalue weighted by molar-refractivity contribution is 5.81. The highest BCUT2D eigenvalue weighted by atomic mass is 16.6. The van der Waals surface area contributed by atoms with Crippen molar-refractivity contribution in [1.29, 1.82) is 0 Å². The Hall–Kier alpha value is -2.12. The fraction of sp³-hybridized carbons (Fsp3) is 0.529. The minimum Gasteiger partial charge on any atom is -0.376 e. The van der Waals surface area contributed by atoms with Crippen LogP contribution in [-0.2, 0) is 14.3 Å². The van der Waals surface area contributed by atoms with Crippen LogP contribution in [0.25, 0.3) is 11.0 Å². The molecular formula is C17H21N3O4. The first-order valence-corrected chi connectivity index (χ1v) is 8.41. The van der Waals surface area contributed by atoms with Crippen LogP contribution >= 0.6 is 0 Å². The lowest BCUT2D eigenvalue weighted by atomic mass is 10.0. The van der Waals surface area contributed by atoms with Gasteiger partial charge in [0.05, 0.1) is 30.9 Å². The van der Waals surface area contributed by atoms with Crippen molar-refractivity contribution in [2.24, 2.45) is 0 Å². The SMILES string of the molecule is O=C([C@@H]1COCCO1)N1CCC(n2c(=O)[nH]c3ccccc32)CC1. The van der Waals surface area contributed by atoms with E-state index in [1.807, 2.05) is 33.7 Å². The average Bonchev–Trinajstić information content (AvgIpc) is 2.98. The second-order valence-corrected chi connectivity index (χ2v) is 6.31. The molecule has 2 aliphatic heterocycles. The quantitative estimate of drug-likeness (QED) is 0.887. The molecule has 0 aliphatic carbocycles. The molecule has 0 radical (unpaired) electrons. The molecule has 7 nitrogen and oxygen atoms in total. The monoisotopic (exact) mass is 331 g/mol. The summed E-state index contributed by atoms with van der Waals surface area (Å²) >= 11 is 0. The predicted molar refractivity (Wildman–Crippen MR) is 88.0 cm³/mol. The number of imidazole rings is 1. The molecule has 1 N–H and O–H groups in total. The molecule has 1 aromatic heterocycles. The molecule has 128 valence electrons. The van der Waals surface area contributed by atoms with Crippen LogP contribution in [0.5, 0.6) is 0 Å². The van der Waals surface area contributed by atoms with Gasteiger partial charge in [0.25, 0.3) is 5.91 Å². The van der Waals surface area contributed by atoms with Gasteiger partial charge in [0.15, 0.2) is 6.10 Å². The number of piperidine rings is 1. The van der Waals surface area contributed by atoms with Gasteiger partial charge in [-0.3, -0.25) is 9.36 Å². The van der Waals surface area contributed by atoms with Gasteiger partial charge in [-0.2, -0.15) is 0 Å².